The third kappa shape index (κ3) is 2.86. The molecule has 1 aromatic carbocycles. The summed E-state index contributed by atoms with van der Waals surface area (Å²) >= 11 is 3.56. The molecule has 0 N–H and O–H groups in total. The summed E-state index contributed by atoms with van der Waals surface area (Å²) in [7, 11) is 0. The zero-order valence-electron chi connectivity index (χ0n) is 9.95. The Morgan fingerprint density at radius 1 is 1.44 bits per heavy atom. The highest BCUT2D eigenvalue weighted by atomic mass is 79.9. The van der Waals surface area contributed by atoms with Crippen molar-refractivity contribution in [3.8, 4) is 0 Å². The first-order chi connectivity index (χ1) is 7.81. The lowest BCUT2D eigenvalue weighted by molar-refractivity contribution is 0.253. The second kappa shape index (κ2) is 5.83. The molecule has 0 aromatic heterocycles. The molecule has 1 heterocycles. The Morgan fingerprint density at radius 3 is 3.06 bits per heavy atom. The summed E-state index contributed by atoms with van der Waals surface area (Å²) in [5, 5.41) is 0. The lowest BCUT2D eigenvalue weighted by Crippen LogP contribution is -2.24. The van der Waals surface area contributed by atoms with Crippen molar-refractivity contribution in [2.24, 2.45) is 0 Å². The number of nitrogens with zero attached hydrogens (tertiary/aromatic N) is 1. The van der Waals surface area contributed by atoms with Gasteiger partial charge in [0.1, 0.15) is 0 Å². The van der Waals surface area contributed by atoms with Crippen LogP contribution in [0.25, 0.3) is 0 Å². The van der Waals surface area contributed by atoms with E-state index < -0.39 is 0 Å². The Hall–Kier alpha value is -0.340. The predicted molar refractivity (Wildman–Crippen MR) is 72.6 cm³/mol. The average Bonchev–Trinajstić information content (AvgIpc) is 2.74. The minimum absolute atomic E-state index is 0.657. The minimum atomic E-state index is 0.657. The number of likely N-dealkylation sites (tertiary alicyclic amines) is 1. The van der Waals surface area contributed by atoms with Crippen LogP contribution in [0.1, 0.15) is 44.2 Å². The molecule has 88 valence electrons. The van der Waals surface area contributed by atoms with Gasteiger partial charge in [0.25, 0.3) is 0 Å². The number of hydrogen-bond acceptors (Lipinski definition) is 1. The molecule has 0 saturated carbocycles. The second-order valence-corrected chi connectivity index (χ2v) is 5.52. The maximum atomic E-state index is 3.56. The van der Waals surface area contributed by atoms with Crippen LogP contribution in [0, 0.1) is 0 Å². The SMILES string of the molecule is CCCCN1CCCC1c1cccc(Br)c1. The number of benzene rings is 1. The molecule has 16 heavy (non-hydrogen) atoms. The molecule has 0 spiro atoms. The van der Waals surface area contributed by atoms with Crippen molar-refractivity contribution in [3.05, 3.63) is 34.3 Å². The fourth-order valence-electron chi connectivity index (χ4n) is 2.55. The molecule has 1 aromatic rings. The van der Waals surface area contributed by atoms with Crippen molar-refractivity contribution in [2.75, 3.05) is 13.1 Å². The van der Waals surface area contributed by atoms with Gasteiger partial charge in [-0.05, 0) is 50.0 Å². The highest BCUT2D eigenvalue weighted by molar-refractivity contribution is 9.10. The lowest BCUT2D eigenvalue weighted by atomic mass is 10.0. The molecule has 1 aliphatic rings. The van der Waals surface area contributed by atoms with Crippen LogP contribution in [-0.2, 0) is 0 Å². The van der Waals surface area contributed by atoms with Crippen molar-refractivity contribution >= 4 is 15.9 Å². The number of rotatable bonds is 4. The van der Waals surface area contributed by atoms with Crippen LogP contribution in [0.4, 0.5) is 0 Å². The van der Waals surface area contributed by atoms with Crippen molar-refractivity contribution < 1.29 is 0 Å². The van der Waals surface area contributed by atoms with E-state index in [1.807, 2.05) is 0 Å². The average molecular weight is 282 g/mol. The van der Waals surface area contributed by atoms with E-state index in [4.69, 9.17) is 0 Å². The predicted octanol–water partition coefficient (Wildman–Crippen LogP) is 4.39. The third-order valence-electron chi connectivity index (χ3n) is 3.40. The van der Waals surface area contributed by atoms with Crippen molar-refractivity contribution in [2.45, 2.75) is 38.6 Å². The van der Waals surface area contributed by atoms with Crippen LogP contribution in [0.5, 0.6) is 0 Å². The Morgan fingerprint density at radius 2 is 2.31 bits per heavy atom. The molecule has 0 amide bonds. The Labute approximate surface area is 107 Å². The zero-order chi connectivity index (χ0) is 11.4. The van der Waals surface area contributed by atoms with E-state index in [0.29, 0.717) is 6.04 Å². The van der Waals surface area contributed by atoms with Crippen LogP contribution < -0.4 is 0 Å². The van der Waals surface area contributed by atoms with Gasteiger partial charge in [-0.1, -0.05) is 41.4 Å². The Bertz CT molecular complexity index is 337. The third-order valence-corrected chi connectivity index (χ3v) is 3.89. The molecule has 0 radical (unpaired) electrons. The monoisotopic (exact) mass is 281 g/mol. The molecule has 2 heteroatoms. The highest BCUT2D eigenvalue weighted by Crippen LogP contribution is 2.32. The summed E-state index contributed by atoms with van der Waals surface area (Å²) in [5.74, 6) is 0. The summed E-state index contributed by atoms with van der Waals surface area (Å²) in [6, 6.07) is 9.45. The van der Waals surface area contributed by atoms with E-state index in [-0.39, 0.29) is 0 Å². The van der Waals surface area contributed by atoms with Crippen LogP contribution in [0.2, 0.25) is 0 Å². The molecule has 0 bridgehead atoms. The van der Waals surface area contributed by atoms with Gasteiger partial charge in [0, 0.05) is 10.5 Å². The number of hydrogen-bond donors (Lipinski definition) is 0. The second-order valence-electron chi connectivity index (χ2n) is 4.60. The van der Waals surface area contributed by atoms with Gasteiger partial charge in [-0.3, -0.25) is 4.90 Å². The number of halogens is 1. The van der Waals surface area contributed by atoms with Crippen molar-refractivity contribution in [1.82, 2.24) is 4.90 Å². The van der Waals surface area contributed by atoms with Crippen LogP contribution in [-0.4, -0.2) is 18.0 Å². The first-order valence-electron chi connectivity index (χ1n) is 6.31. The van der Waals surface area contributed by atoms with Gasteiger partial charge >= 0.3 is 0 Å². The van der Waals surface area contributed by atoms with Gasteiger partial charge in [0.2, 0.25) is 0 Å². The lowest BCUT2D eigenvalue weighted by Gasteiger charge is -2.24. The maximum absolute atomic E-state index is 3.56. The first-order valence-corrected chi connectivity index (χ1v) is 7.10. The Kier molecular flexibility index (Phi) is 4.42. The summed E-state index contributed by atoms with van der Waals surface area (Å²) < 4.78 is 1.20. The van der Waals surface area contributed by atoms with Gasteiger partial charge in [-0.2, -0.15) is 0 Å². The first kappa shape index (κ1) is 12.1. The topological polar surface area (TPSA) is 3.24 Å². The van der Waals surface area contributed by atoms with Gasteiger partial charge in [0.15, 0.2) is 0 Å². The molecule has 1 aliphatic heterocycles. The molecule has 1 unspecified atom stereocenters. The fraction of sp³-hybridized carbons (Fsp3) is 0.571. The summed E-state index contributed by atoms with van der Waals surface area (Å²) in [6.45, 7) is 4.80. The summed E-state index contributed by atoms with van der Waals surface area (Å²) in [6.07, 6.45) is 5.28. The quantitative estimate of drug-likeness (QED) is 0.791. The van der Waals surface area contributed by atoms with Crippen LogP contribution >= 0.6 is 15.9 Å². The molecule has 1 saturated heterocycles. The summed E-state index contributed by atoms with van der Waals surface area (Å²) in [5.41, 5.74) is 1.47. The molecule has 2 rings (SSSR count). The molecule has 1 atom stereocenters. The summed E-state index contributed by atoms with van der Waals surface area (Å²) in [4.78, 5) is 2.64. The maximum Gasteiger partial charge on any atom is 0.0348 e. The molecule has 1 fully saturated rings. The number of unbranched alkanes of at least 4 members (excludes halogenated alkanes) is 1. The molecular weight excluding hydrogens is 262 g/mol. The van der Waals surface area contributed by atoms with E-state index in [1.54, 1.807) is 0 Å². The van der Waals surface area contributed by atoms with Gasteiger partial charge in [-0.15, -0.1) is 0 Å². The van der Waals surface area contributed by atoms with Crippen molar-refractivity contribution in [1.29, 1.82) is 0 Å². The van der Waals surface area contributed by atoms with Crippen LogP contribution in [0.3, 0.4) is 0 Å². The molecular formula is C14H20BrN. The van der Waals surface area contributed by atoms with E-state index in [0.717, 1.165) is 0 Å². The van der Waals surface area contributed by atoms with Gasteiger partial charge in [-0.25, -0.2) is 0 Å². The van der Waals surface area contributed by atoms with Crippen molar-refractivity contribution in [3.63, 3.8) is 0 Å². The largest absolute Gasteiger partial charge is 0.296 e. The van der Waals surface area contributed by atoms with E-state index in [2.05, 4.69) is 52.0 Å². The Balaban J connectivity index is 2.07. The minimum Gasteiger partial charge on any atom is -0.296 e. The zero-order valence-corrected chi connectivity index (χ0v) is 11.5. The molecule has 1 nitrogen and oxygen atoms in total. The smallest absolute Gasteiger partial charge is 0.0348 e. The molecule has 0 aliphatic carbocycles. The standard InChI is InChI=1S/C14H20BrN/c1-2-3-9-16-10-5-8-14(16)12-6-4-7-13(15)11-12/h4,6-7,11,14H,2-3,5,8-10H2,1H3. The van der Waals surface area contributed by atoms with E-state index >= 15 is 0 Å². The van der Waals surface area contributed by atoms with Gasteiger partial charge < -0.3 is 0 Å². The van der Waals surface area contributed by atoms with Crippen LogP contribution in [0.15, 0.2) is 28.7 Å². The van der Waals surface area contributed by atoms with E-state index in [9.17, 15) is 0 Å². The van der Waals surface area contributed by atoms with Gasteiger partial charge in [0.05, 0.1) is 0 Å². The highest BCUT2D eigenvalue weighted by Gasteiger charge is 2.25. The van der Waals surface area contributed by atoms with E-state index in [1.165, 1.54) is 48.8 Å². The fourth-order valence-corrected chi connectivity index (χ4v) is 2.96. The normalized spacial score (nSPS) is 21.5.